The Balaban J connectivity index is 2.55. The van der Waals surface area contributed by atoms with Crippen LogP contribution in [0, 0.1) is 0 Å². The number of rotatable bonds is 5. The molecule has 0 aromatic carbocycles. The number of ether oxygens (including phenoxy) is 1. The second-order valence-corrected chi connectivity index (χ2v) is 3.57. The fourth-order valence-corrected chi connectivity index (χ4v) is 1.17. The number of carboxylic acid groups (broad SMARTS) is 1. The molecule has 0 fully saturated rings. The second kappa shape index (κ2) is 6.17. The molecule has 1 aromatic heterocycles. The Hall–Kier alpha value is -1.66. The van der Waals surface area contributed by atoms with E-state index in [0.717, 1.165) is 0 Å². The van der Waals surface area contributed by atoms with Crippen molar-refractivity contribution >= 4 is 23.5 Å². The van der Waals surface area contributed by atoms with Gasteiger partial charge in [-0.2, -0.15) is 0 Å². The Morgan fingerprint density at radius 3 is 2.76 bits per heavy atom. The van der Waals surface area contributed by atoms with E-state index in [4.69, 9.17) is 16.7 Å². The van der Waals surface area contributed by atoms with Crippen LogP contribution in [0.4, 0.5) is 0 Å². The largest absolute Gasteiger partial charge is 0.479 e. The molecule has 1 unspecified atom stereocenters. The molecule has 6 nitrogen and oxygen atoms in total. The highest BCUT2D eigenvalue weighted by Crippen LogP contribution is 2.05. The van der Waals surface area contributed by atoms with Crippen LogP contribution >= 0.6 is 11.6 Å². The van der Waals surface area contributed by atoms with Crippen molar-refractivity contribution in [1.29, 1.82) is 0 Å². The van der Waals surface area contributed by atoms with Gasteiger partial charge in [0.25, 0.3) is 5.91 Å². The molecule has 0 saturated carbocycles. The number of aliphatic carboxylic acids is 1. The number of nitrogens with zero attached hydrogens (tertiary/aromatic N) is 1. The van der Waals surface area contributed by atoms with Crippen molar-refractivity contribution in [1.82, 2.24) is 10.3 Å². The predicted molar refractivity (Wildman–Crippen MR) is 60.0 cm³/mol. The highest BCUT2D eigenvalue weighted by Gasteiger charge is 2.17. The van der Waals surface area contributed by atoms with E-state index in [2.05, 4.69) is 15.0 Å². The van der Waals surface area contributed by atoms with E-state index < -0.39 is 18.0 Å². The van der Waals surface area contributed by atoms with Crippen LogP contribution in [0.5, 0.6) is 0 Å². The van der Waals surface area contributed by atoms with E-state index in [1.807, 2.05) is 0 Å². The van der Waals surface area contributed by atoms with Gasteiger partial charge in [-0.05, 0) is 12.1 Å². The molecule has 7 heteroatoms. The molecule has 92 valence electrons. The van der Waals surface area contributed by atoms with Crippen molar-refractivity contribution in [2.45, 2.75) is 6.10 Å². The molecule has 2 N–H and O–H groups in total. The SMILES string of the molecule is COC(CNC(=O)c1ccc(Cl)cn1)C(=O)O. The zero-order valence-electron chi connectivity index (χ0n) is 9.01. The number of halogens is 1. The summed E-state index contributed by atoms with van der Waals surface area (Å²) in [6.45, 7) is -0.130. The van der Waals surface area contributed by atoms with E-state index in [9.17, 15) is 9.59 Å². The maximum absolute atomic E-state index is 11.5. The van der Waals surface area contributed by atoms with Gasteiger partial charge in [-0.1, -0.05) is 11.6 Å². The highest BCUT2D eigenvalue weighted by molar-refractivity contribution is 6.30. The van der Waals surface area contributed by atoms with Gasteiger partial charge in [-0.15, -0.1) is 0 Å². The molecule has 17 heavy (non-hydrogen) atoms. The van der Waals surface area contributed by atoms with Gasteiger partial charge in [0.1, 0.15) is 5.69 Å². The summed E-state index contributed by atoms with van der Waals surface area (Å²) in [5.74, 6) is -1.62. The molecule has 0 saturated heterocycles. The molecule has 0 aliphatic carbocycles. The zero-order valence-corrected chi connectivity index (χ0v) is 9.77. The lowest BCUT2D eigenvalue weighted by Crippen LogP contribution is -2.38. The maximum atomic E-state index is 11.5. The van der Waals surface area contributed by atoms with Gasteiger partial charge in [0.05, 0.1) is 11.6 Å². The summed E-state index contributed by atoms with van der Waals surface area (Å²) < 4.78 is 4.66. The Kier molecular flexibility index (Phi) is 4.86. The Labute approximate surface area is 103 Å². The van der Waals surface area contributed by atoms with Gasteiger partial charge in [0, 0.05) is 13.3 Å². The lowest BCUT2D eigenvalue weighted by atomic mass is 10.3. The third kappa shape index (κ3) is 4.01. The van der Waals surface area contributed by atoms with Crippen LogP contribution in [0.3, 0.4) is 0 Å². The number of aromatic nitrogens is 1. The first-order chi connectivity index (χ1) is 8.04. The molecular formula is C10H11ClN2O4. The molecule has 0 aliphatic heterocycles. The fraction of sp³-hybridized carbons (Fsp3) is 0.300. The first kappa shape index (κ1) is 13.4. The minimum atomic E-state index is -1.14. The Morgan fingerprint density at radius 2 is 2.29 bits per heavy atom. The number of amides is 1. The van der Waals surface area contributed by atoms with Crippen LogP contribution in [0.2, 0.25) is 5.02 Å². The summed E-state index contributed by atoms with van der Waals surface area (Å²) >= 11 is 5.62. The van der Waals surface area contributed by atoms with E-state index in [1.165, 1.54) is 25.4 Å². The molecule has 0 aliphatic rings. The van der Waals surface area contributed by atoms with E-state index in [1.54, 1.807) is 0 Å². The molecule has 1 atom stereocenters. The molecule has 1 rings (SSSR count). The van der Waals surface area contributed by atoms with E-state index in [-0.39, 0.29) is 12.2 Å². The summed E-state index contributed by atoms with van der Waals surface area (Å²) in [7, 11) is 1.26. The van der Waals surface area contributed by atoms with E-state index >= 15 is 0 Å². The van der Waals surface area contributed by atoms with Gasteiger partial charge in [0.2, 0.25) is 0 Å². The van der Waals surface area contributed by atoms with Crippen molar-refractivity contribution in [3.8, 4) is 0 Å². The lowest BCUT2D eigenvalue weighted by molar-refractivity contribution is -0.148. The van der Waals surface area contributed by atoms with Crippen LogP contribution < -0.4 is 5.32 Å². The highest BCUT2D eigenvalue weighted by atomic mass is 35.5. The normalized spacial score (nSPS) is 11.9. The van der Waals surface area contributed by atoms with Gasteiger partial charge >= 0.3 is 5.97 Å². The fourth-order valence-electron chi connectivity index (χ4n) is 1.06. The summed E-state index contributed by atoms with van der Waals surface area (Å²) in [5, 5.41) is 11.5. The van der Waals surface area contributed by atoms with Gasteiger partial charge in [0.15, 0.2) is 6.10 Å². The smallest absolute Gasteiger partial charge is 0.334 e. The third-order valence-electron chi connectivity index (χ3n) is 1.97. The first-order valence-electron chi connectivity index (χ1n) is 4.70. The summed E-state index contributed by atoms with van der Waals surface area (Å²) in [6.07, 6.45) is 0.257. The van der Waals surface area contributed by atoms with Crippen molar-refractivity contribution < 1.29 is 19.4 Å². The molecule has 1 heterocycles. The number of carboxylic acids is 1. The van der Waals surface area contributed by atoms with Crippen molar-refractivity contribution in [2.75, 3.05) is 13.7 Å². The van der Waals surface area contributed by atoms with Crippen molar-refractivity contribution in [2.24, 2.45) is 0 Å². The molecule has 0 radical (unpaired) electrons. The minimum Gasteiger partial charge on any atom is -0.479 e. The molecular weight excluding hydrogens is 248 g/mol. The number of methoxy groups -OCH3 is 1. The Morgan fingerprint density at radius 1 is 1.59 bits per heavy atom. The van der Waals surface area contributed by atoms with Gasteiger partial charge in [-0.25, -0.2) is 9.78 Å². The average molecular weight is 259 g/mol. The summed E-state index contributed by atoms with van der Waals surface area (Å²) in [6, 6.07) is 2.97. The van der Waals surface area contributed by atoms with Crippen LogP contribution in [0.15, 0.2) is 18.3 Å². The monoisotopic (exact) mass is 258 g/mol. The molecule has 1 amide bonds. The van der Waals surface area contributed by atoms with Crippen LogP contribution in [-0.2, 0) is 9.53 Å². The minimum absolute atomic E-state index is 0.130. The Bertz CT molecular complexity index is 407. The maximum Gasteiger partial charge on any atom is 0.334 e. The standard InChI is InChI=1S/C10H11ClN2O4/c1-17-8(10(15)16)5-13-9(14)7-3-2-6(11)4-12-7/h2-4,8H,5H2,1H3,(H,13,14)(H,15,16). The first-order valence-corrected chi connectivity index (χ1v) is 5.07. The average Bonchev–Trinajstić information content (AvgIpc) is 2.30. The quantitative estimate of drug-likeness (QED) is 0.806. The van der Waals surface area contributed by atoms with Crippen LogP contribution in [-0.4, -0.2) is 41.7 Å². The number of hydrogen-bond acceptors (Lipinski definition) is 4. The summed E-state index contributed by atoms with van der Waals surface area (Å²) in [4.78, 5) is 25.9. The van der Waals surface area contributed by atoms with Crippen molar-refractivity contribution in [3.63, 3.8) is 0 Å². The lowest BCUT2D eigenvalue weighted by Gasteiger charge is -2.11. The molecule has 0 bridgehead atoms. The van der Waals surface area contributed by atoms with Gasteiger partial charge in [-0.3, -0.25) is 4.79 Å². The molecule has 0 spiro atoms. The zero-order chi connectivity index (χ0) is 12.8. The van der Waals surface area contributed by atoms with Crippen molar-refractivity contribution in [3.05, 3.63) is 29.0 Å². The van der Waals surface area contributed by atoms with E-state index in [0.29, 0.717) is 5.02 Å². The number of pyridine rings is 1. The van der Waals surface area contributed by atoms with Gasteiger partial charge < -0.3 is 15.2 Å². The second-order valence-electron chi connectivity index (χ2n) is 3.13. The number of carbonyl (C=O) groups is 2. The summed E-state index contributed by atoms with van der Waals surface area (Å²) in [5.41, 5.74) is 0.162. The molecule has 1 aromatic rings. The number of nitrogens with one attached hydrogen (secondary N) is 1. The number of carbonyl (C=O) groups excluding carboxylic acids is 1. The van der Waals surface area contributed by atoms with Crippen LogP contribution in [0.1, 0.15) is 10.5 Å². The third-order valence-corrected chi connectivity index (χ3v) is 2.19. The topological polar surface area (TPSA) is 88.5 Å². The number of hydrogen-bond donors (Lipinski definition) is 2. The van der Waals surface area contributed by atoms with Crippen LogP contribution in [0.25, 0.3) is 0 Å². The predicted octanol–water partition coefficient (Wildman–Crippen LogP) is 0.564.